The average molecular weight is 465 g/mol. The first kappa shape index (κ1) is 28.8. The van der Waals surface area contributed by atoms with Gasteiger partial charge >= 0.3 is 6.09 Å². The maximum absolute atomic E-state index is 12.1. The van der Waals surface area contributed by atoms with E-state index in [0.29, 0.717) is 19.5 Å². The summed E-state index contributed by atoms with van der Waals surface area (Å²) >= 11 is 0. The van der Waals surface area contributed by atoms with E-state index < -0.39 is 12.1 Å². The van der Waals surface area contributed by atoms with Gasteiger partial charge in [-0.1, -0.05) is 30.3 Å². The number of carbonyl (C=O) groups excluding carboxylic acids is 2. The van der Waals surface area contributed by atoms with E-state index in [9.17, 15) is 9.59 Å². The van der Waals surface area contributed by atoms with Gasteiger partial charge in [0, 0.05) is 13.1 Å². The molecule has 0 bridgehead atoms. The average Bonchev–Trinajstić information content (AvgIpc) is 2.83. The lowest BCUT2D eigenvalue weighted by atomic mass is 10.1. The molecule has 0 radical (unpaired) electrons. The van der Waals surface area contributed by atoms with Crippen molar-refractivity contribution < 1.29 is 14.3 Å². The standard InChI is InChI=1S/C24H44N6O3/c25-13-8-16-27-14-6-7-15-28-17-9-19-29-23(31)22(26)12-4-5-18-30-24(32)33-20-21-10-2-1-3-11-21/h1-3,10-11,22,27-28H,4-9,12-20,25-26H2,(H,29,31)(H,30,32)/t22-/m1/s1. The van der Waals surface area contributed by atoms with Crippen LogP contribution in [0.25, 0.3) is 0 Å². The number of unbranched alkanes of at least 4 members (excludes halogenated alkanes) is 2. The normalized spacial score (nSPS) is 11.7. The number of hydrogen-bond donors (Lipinski definition) is 6. The fraction of sp³-hybridized carbons (Fsp3) is 0.667. The maximum atomic E-state index is 12.1. The molecular weight excluding hydrogens is 420 g/mol. The van der Waals surface area contributed by atoms with Crippen molar-refractivity contribution in [3.8, 4) is 0 Å². The number of ether oxygens (including phenoxy) is 1. The lowest BCUT2D eigenvalue weighted by Crippen LogP contribution is -2.41. The van der Waals surface area contributed by atoms with Crippen molar-refractivity contribution in [2.75, 3.05) is 45.8 Å². The van der Waals surface area contributed by atoms with Gasteiger partial charge in [-0.3, -0.25) is 4.79 Å². The predicted octanol–water partition coefficient (Wildman–Crippen LogP) is 1.22. The van der Waals surface area contributed by atoms with Crippen molar-refractivity contribution in [1.29, 1.82) is 0 Å². The molecule has 2 amide bonds. The molecule has 1 aromatic carbocycles. The van der Waals surface area contributed by atoms with Crippen molar-refractivity contribution in [3.63, 3.8) is 0 Å². The van der Waals surface area contributed by atoms with Crippen molar-refractivity contribution in [2.45, 2.75) is 57.6 Å². The lowest BCUT2D eigenvalue weighted by molar-refractivity contribution is -0.122. The Morgan fingerprint density at radius 3 is 2.09 bits per heavy atom. The zero-order valence-corrected chi connectivity index (χ0v) is 20.0. The smallest absolute Gasteiger partial charge is 0.407 e. The van der Waals surface area contributed by atoms with Crippen LogP contribution in [0, 0.1) is 0 Å². The molecule has 0 aliphatic carbocycles. The molecule has 0 spiro atoms. The minimum absolute atomic E-state index is 0.117. The highest BCUT2D eigenvalue weighted by Crippen LogP contribution is 2.01. The molecule has 0 saturated carbocycles. The summed E-state index contributed by atoms with van der Waals surface area (Å²) in [7, 11) is 0. The molecule has 1 aromatic rings. The summed E-state index contributed by atoms with van der Waals surface area (Å²) in [6.45, 7) is 5.99. The molecule has 9 nitrogen and oxygen atoms in total. The van der Waals surface area contributed by atoms with E-state index in [-0.39, 0.29) is 12.5 Å². The molecule has 0 saturated heterocycles. The molecular formula is C24H44N6O3. The van der Waals surface area contributed by atoms with Gasteiger partial charge in [0.15, 0.2) is 0 Å². The topological polar surface area (TPSA) is 144 Å². The summed E-state index contributed by atoms with van der Waals surface area (Å²) < 4.78 is 5.15. The minimum Gasteiger partial charge on any atom is -0.445 e. The van der Waals surface area contributed by atoms with Gasteiger partial charge in [-0.15, -0.1) is 0 Å². The van der Waals surface area contributed by atoms with Crippen LogP contribution in [0.2, 0.25) is 0 Å². The maximum Gasteiger partial charge on any atom is 0.407 e. The molecule has 0 aromatic heterocycles. The first-order valence-electron chi connectivity index (χ1n) is 12.2. The van der Waals surface area contributed by atoms with Gasteiger partial charge in [-0.25, -0.2) is 4.79 Å². The molecule has 1 rings (SSSR count). The van der Waals surface area contributed by atoms with Gasteiger partial charge in [-0.05, 0) is 83.2 Å². The van der Waals surface area contributed by atoms with Gasteiger partial charge in [-0.2, -0.15) is 0 Å². The van der Waals surface area contributed by atoms with Crippen molar-refractivity contribution in [2.24, 2.45) is 11.5 Å². The van der Waals surface area contributed by atoms with Crippen molar-refractivity contribution in [1.82, 2.24) is 21.3 Å². The first-order chi connectivity index (χ1) is 16.1. The molecule has 8 N–H and O–H groups in total. The Labute approximate surface area is 198 Å². The van der Waals surface area contributed by atoms with Crippen LogP contribution in [0.3, 0.4) is 0 Å². The molecule has 0 unspecified atom stereocenters. The fourth-order valence-corrected chi connectivity index (χ4v) is 3.12. The fourth-order valence-electron chi connectivity index (χ4n) is 3.12. The molecule has 0 aliphatic rings. The quantitative estimate of drug-likeness (QED) is 0.159. The van der Waals surface area contributed by atoms with Crippen LogP contribution in [0.4, 0.5) is 4.79 Å². The van der Waals surface area contributed by atoms with E-state index in [0.717, 1.165) is 76.8 Å². The summed E-state index contributed by atoms with van der Waals surface area (Å²) in [5.41, 5.74) is 12.4. The Bertz CT molecular complexity index is 617. The molecule has 0 heterocycles. The minimum atomic E-state index is -0.519. The van der Waals surface area contributed by atoms with Crippen molar-refractivity contribution in [3.05, 3.63) is 35.9 Å². The number of hydrogen-bond acceptors (Lipinski definition) is 7. The summed E-state index contributed by atoms with van der Waals surface area (Å²) in [5, 5.41) is 12.4. The third-order valence-electron chi connectivity index (χ3n) is 5.11. The third kappa shape index (κ3) is 17.0. The highest BCUT2D eigenvalue weighted by atomic mass is 16.5. The Morgan fingerprint density at radius 2 is 1.39 bits per heavy atom. The second-order valence-electron chi connectivity index (χ2n) is 8.08. The van der Waals surface area contributed by atoms with E-state index >= 15 is 0 Å². The van der Waals surface area contributed by atoms with E-state index in [1.165, 1.54) is 0 Å². The number of alkyl carbamates (subject to hydrolysis) is 1. The van der Waals surface area contributed by atoms with Crippen molar-refractivity contribution >= 4 is 12.0 Å². The van der Waals surface area contributed by atoms with Crippen LogP contribution in [-0.4, -0.2) is 63.9 Å². The second-order valence-corrected chi connectivity index (χ2v) is 8.08. The molecule has 33 heavy (non-hydrogen) atoms. The zero-order valence-electron chi connectivity index (χ0n) is 20.0. The van der Waals surface area contributed by atoms with E-state index in [2.05, 4.69) is 21.3 Å². The van der Waals surface area contributed by atoms with E-state index in [4.69, 9.17) is 16.2 Å². The monoisotopic (exact) mass is 464 g/mol. The molecule has 1 atom stereocenters. The summed E-state index contributed by atoms with van der Waals surface area (Å²) in [6.07, 6.45) is 5.83. The first-order valence-corrected chi connectivity index (χ1v) is 12.2. The second kappa shape index (κ2) is 20.4. The Kier molecular flexibility index (Phi) is 17.8. The largest absolute Gasteiger partial charge is 0.445 e. The molecule has 188 valence electrons. The Morgan fingerprint density at radius 1 is 0.788 bits per heavy atom. The van der Waals surface area contributed by atoms with E-state index in [1.54, 1.807) is 0 Å². The third-order valence-corrected chi connectivity index (χ3v) is 5.11. The lowest BCUT2D eigenvalue weighted by Gasteiger charge is -2.12. The van der Waals surface area contributed by atoms with Gasteiger partial charge in [0.2, 0.25) is 5.91 Å². The van der Waals surface area contributed by atoms with Crippen LogP contribution in [-0.2, 0) is 16.1 Å². The molecule has 9 heteroatoms. The summed E-state index contributed by atoms with van der Waals surface area (Å²) in [5.74, 6) is -0.117. The van der Waals surface area contributed by atoms with Crippen LogP contribution in [0.1, 0.15) is 50.5 Å². The van der Waals surface area contributed by atoms with Crippen LogP contribution in [0.15, 0.2) is 30.3 Å². The van der Waals surface area contributed by atoms with Gasteiger partial charge in [0.1, 0.15) is 6.61 Å². The predicted molar refractivity (Wildman–Crippen MR) is 133 cm³/mol. The zero-order chi connectivity index (χ0) is 24.0. The highest BCUT2D eigenvalue weighted by Gasteiger charge is 2.12. The Balaban J connectivity index is 1.88. The van der Waals surface area contributed by atoms with Crippen LogP contribution < -0.4 is 32.7 Å². The summed E-state index contributed by atoms with van der Waals surface area (Å²) in [4.78, 5) is 23.7. The molecule has 0 fully saturated rings. The van der Waals surface area contributed by atoms with Gasteiger partial charge < -0.3 is 37.5 Å². The number of carbonyl (C=O) groups is 2. The van der Waals surface area contributed by atoms with E-state index in [1.807, 2.05) is 30.3 Å². The number of nitrogens with two attached hydrogens (primary N) is 2. The number of rotatable bonds is 20. The number of benzene rings is 1. The summed E-state index contributed by atoms with van der Waals surface area (Å²) in [6, 6.07) is 9.01. The van der Waals surface area contributed by atoms with Crippen LogP contribution in [0.5, 0.6) is 0 Å². The Hall–Kier alpha value is -2.20. The SMILES string of the molecule is NCCCNCCCCNCCCNC(=O)[C@H](N)CCCCNC(=O)OCc1ccccc1. The van der Waals surface area contributed by atoms with Gasteiger partial charge in [0.25, 0.3) is 0 Å². The number of nitrogens with one attached hydrogen (secondary N) is 4. The van der Waals surface area contributed by atoms with Crippen LogP contribution >= 0.6 is 0 Å². The van der Waals surface area contributed by atoms with Gasteiger partial charge in [0.05, 0.1) is 6.04 Å². The number of amides is 2. The highest BCUT2D eigenvalue weighted by molar-refractivity contribution is 5.81. The molecule has 0 aliphatic heterocycles.